The molecule has 0 fully saturated rings. The second-order valence-corrected chi connectivity index (χ2v) is 5.05. The molecule has 0 saturated heterocycles. The van der Waals surface area contributed by atoms with Crippen LogP contribution in [0.25, 0.3) is 0 Å². The van der Waals surface area contributed by atoms with Crippen molar-refractivity contribution in [2.24, 2.45) is 0 Å². The van der Waals surface area contributed by atoms with Crippen molar-refractivity contribution in [3.8, 4) is 11.5 Å². The summed E-state index contributed by atoms with van der Waals surface area (Å²) < 4.78 is 16.3. The third kappa shape index (κ3) is 3.87. The molecule has 5 heteroatoms. The first kappa shape index (κ1) is 14.7. The minimum Gasteiger partial charge on any atom is -0.486 e. The Morgan fingerprint density at radius 1 is 1.25 bits per heavy atom. The maximum absolute atomic E-state index is 11.7. The summed E-state index contributed by atoms with van der Waals surface area (Å²) in [5, 5.41) is 2.90. The van der Waals surface area contributed by atoms with Crippen molar-refractivity contribution in [1.82, 2.24) is 5.32 Å². The fourth-order valence-electron chi connectivity index (χ4n) is 1.94. The van der Waals surface area contributed by atoms with Gasteiger partial charge in [-0.3, -0.25) is 4.79 Å². The Bertz CT molecular complexity index is 473. The number of fused-ring (bicyclic) bond motifs is 1. The average molecular weight is 279 g/mol. The first-order valence-corrected chi connectivity index (χ1v) is 6.87. The smallest absolute Gasteiger partial charge is 0.246 e. The molecule has 0 radical (unpaired) electrons. The lowest BCUT2D eigenvalue weighted by atomic mass is 10.1. The third-order valence-electron chi connectivity index (χ3n) is 2.99. The summed E-state index contributed by atoms with van der Waals surface area (Å²) in [6.07, 6.45) is 0.0466. The number of rotatable bonds is 5. The molecule has 1 heterocycles. The van der Waals surface area contributed by atoms with Crippen molar-refractivity contribution in [1.29, 1.82) is 0 Å². The van der Waals surface area contributed by atoms with Gasteiger partial charge in [-0.05, 0) is 38.5 Å². The van der Waals surface area contributed by atoms with E-state index in [1.165, 1.54) is 0 Å². The Kier molecular flexibility index (Phi) is 4.84. The molecule has 1 atom stereocenters. The predicted octanol–water partition coefficient (Wildman–Crippen LogP) is 2.06. The van der Waals surface area contributed by atoms with Gasteiger partial charge in [-0.15, -0.1) is 0 Å². The Morgan fingerprint density at radius 3 is 2.65 bits per heavy atom. The van der Waals surface area contributed by atoms with E-state index < -0.39 is 0 Å². The molecule has 5 nitrogen and oxygen atoms in total. The van der Waals surface area contributed by atoms with E-state index in [0.717, 1.165) is 17.1 Å². The predicted molar refractivity (Wildman–Crippen MR) is 75.1 cm³/mol. The molecule has 0 aromatic heterocycles. The maximum Gasteiger partial charge on any atom is 0.246 e. The molecule has 0 aliphatic carbocycles. The van der Waals surface area contributed by atoms with Gasteiger partial charge in [0.05, 0.1) is 12.1 Å². The molecule has 20 heavy (non-hydrogen) atoms. The first-order valence-electron chi connectivity index (χ1n) is 6.87. The summed E-state index contributed by atoms with van der Waals surface area (Å²) in [7, 11) is 0. The maximum atomic E-state index is 11.7. The Labute approximate surface area is 119 Å². The zero-order valence-corrected chi connectivity index (χ0v) is 12.1. The Balaban J connectivity index is 1.95. The number of amides is 1. The highest BCUT2D eigenvalue weighted by Gasteiger charge is 2.15. The van der Waals surface area contributed by atoms with Crippen LogP contribution in [0, 0.1) is 0 Å². The summed E-state index contributed by atoms with van der Waals surface area (Å²) >= 11 is 0. The molecule has 1 aliphatic rings. The number of benzene rings is 1. The van der Waals surface area contributed by atoms with E-state index in [1.807, 2.05) is 39.0 Å². The van der Waals surface area contributed by atoms with Crippen LogP contribution in [0.5, 0.6) is 11.5 Å². The van der Waals surface area contributed by atoms with E-state index in [2.05, 4.69) is 5.32 Å². The van der Waals surface area contributed by atoms with Crippen LogP contribution in [0.3, 0.4) is 0 Å². The standard InChI is InChI=1S/C15H21NO4/c1-10(2)20-9-15(17)16-11(3)12-4-5-13-14(8-12)19-7-6-18-13/h4-5,8,10-11H,6-7,9H2,1-3H3,(H,16,17). The van der Waals surface area contributed by atoms with Crippen LogP contribution < -0.4 is 14.8 Å². The van der Waals surface area contributed by atoms with Gasteiger partial charge in [0.1, 0.15) is 19.8 Å². The summed E-state index contributed by atoms with van der Waals surface area (Å²) in [6, 6.07) is 5.61. The van der Waals surface area contributed by atoms with Gasteiger partial charge in [0.2, 0.25) is 5.91 Å². The van der Waals surface area contributed by atoms with E-state index in [9.17, 15) is 4.79 Å². The zero-order valence-electron chi connectivity index (χ0n) is 12.1. The number of carbonyl (C=O) groups excluding carboxylic acids is 1. The highest BCUT2D eigenvalue weighted by molar-refractivity contribution is 5.77. The van der Waals surface area contributed by atoms with Crippen LogP contribution >= 0.6 is 0 Å². The fourth-order valence-corrected chi connectivity index (χ4v) is 1.94. The molecule has 1 amide bonds. The molecule has 1 aromatic carbocycles. The van der Waals surface area contributed by atoms with Crippen LogP contribution in [-0.4, -0.2) is 31.8 Å². The van der Waals surface area contributed by atoms with Crippen molar-refractivity contribution < 1.29 is 19.0 Å². The van der Waals surface area contributed by atoms with Crippen molar-refractivity contribution in [3.05, 3.63) is 23.8 Å². The quantitative estimate of drug-likeness (QED) is 0.896. The average Bonchev–Trinajstić information content (AvgIpc) is 2.44. The topological polar surface area (TPSA) is 56.8 Å². The molecule has 1 unspecified atom stereocenters. The van der Waals surface area contributed by atoms with Gasteiger partial charge in [0.15, 0.2) is 11.5 Å². The monoisotopic (exact) mass is 279 g/mol. The molecular weight excluding hydrogens is 258 g/mol. The van der Waals surface area contributed by atoms with E-state index in [0.29, 0.717) is 13.2 Å². The molecular formula is C15H21NO4. The lowest BCUT2D eigenvalue weighted by Gasteiger charge is -2.21. The van der Waals surface area contributed by atoms with E-state index in [1.54, 1.807) is 0 Å². The normalized spacial score (nSPS) is 15.0. The van der Waals surface area contributed by atoms with Crippen LogP contribution in [0.1, 0.15) is 32.4 Å². The summed E-state index contributed by atoms with van der Waals surface area (Å²) in [6.45, 7) is 6.94. The lowest BCUT2D eigenvalue weighted by molar-refractivity contribution is -0.127. The number of hydrogen-bond donors (Lipinski definition) is 1. The largest absolute Gasteiger partial charge is 0.486 e. The first-order chi connectivity index (χ1) is 9.56. The number of hydrogen-bond acceptors (Lipinski definition) is 4. The summed E-state index contributed by atoms with van der Waals surface area (Å²) in [5.41, 5.74) is 0.979. The van der Waals surface area contributed by atoms with Crippen LogP contribution in [0.4, 0.5) is 0 Å². The number of carbonyl (C=O) groups is 1. The van der Waals surface area contributed by atoms with E-state index >= 15 is 0 Å². The zero-order chi connectivity index (χ0) is 14.5. The molecule has 0 saturated carbocycles. The number of ether oxygens (including phenoxy) is 3. The SMILES string of the molecule is CC(C)OCC(=O)NC(C)c1ccc2c(c1)OCCO2. The minimum absolute atomic E-state index is 0.0466. The van der Waals surface area contributed by atoms with Gasteiger partial charge < -0.3 is 19.5 Å². The summed E-state index contributed by atoms with van der Waals surface area (Å²) in [4.78, 5) is 11.7. The Morgan fingerprint density at radius 2 is 1.95 bits per heavy atom. The minimum atomic E-state index is -0.124. The molecule has 1 aliphatic heterocycles. The molecule has 0 spiro atoms. The van der Waals surface area contributed by atoms with Gasteiger partial charge in [-0.1, -0.05) is 6.07 Å². The second-order valence-electron chi connectivity index (χ2n) is 5.05. The molecule has 0 bridgehead atoms. The number of nitrogens with one attached hydrogen (secondary N) is 1. The van der Waals surface area contributed by atoms with Crippen LogP contribution in [0.15, 0.2) is 18.2 Å². The van der Waals surface area contributed by atoms with Gasteiger partial charge in [0, 0.05) is 0 Å². The lowest BCUT2D eigenvalue weighted by Crippen LogP contribution is -2.31. The third-order valence-corrected chi connectivity index (χ3v) is 2.99. The highest BCUT2D eigenvalue weighted by atomic mass is 16.6. The molecule has 1 aromatic rings. The van der Waals surface area contributed by atoms with E-state index in [-0.39, 0.29) is 24.7 Å². The summed E-state index contributed by atoms with van der Waals surface area (Å²) in [5.74, 6) is 1.36. The van der Waals surface area contributed by atoms with Crippen LogP contribution in [0.2, 0.25) is 0 Å². The fraction of sp³-hybridized carbons (Fsp3) is 0.533. The van der Waals surface area contributed by atoms with Gasteiger partial charge >= 0.3 is 0 Å². The second kappa shape index (κ2) is 6.61. The van der Waals surface area contributed by atoms with Crippen molar-refractivity contribution in [2.75, 3.05) is 19.8 Å². The van der Waals surface area contributed by atoms with E-state index in [4.69, 9.17) is 14.2 Å². The van der Waals surface area contributed by atoms with Gasteiger partial charge in [-0.25, -0.2) is 0 Å². The Hall–Kier alpha value is -1.75. The molecule has 110 valence electrons. The van der Waals surface area contributed by atoms with Gasteiger partial charge in [0.25, 0.3) is 0 Å². The molecule has 2 rings (SSSR count). The van der Waals surface area contributed by atoms with Gasteiger partial charge in [-0.2, -0.15) is 0 Å². The van der Waals surface area contributed by atoms with Crippen molar-refractivity contribution >= 4 is 5.91 Å². The van der Waals surface area contributed by atoms with Crippen molar-refractivity contribution in [2.45, 2.75) is 32.9 Å². The van der Waals surface area contributed by atoms with Crippen LogP contribution in [-0.2, 0) is 9.53 Å². The highest BCUT2D eigenvalue weighted by Crippen LogP contribution is 2.32. The molecule has 1 N–H and O–H groups in total. The van der Waals surface area contributed by atoms with Crippen molar-refractivity contribution in [3.63, 3.8) is 0 Å².